The van der Waals surface area contributed by atoms with Gasteiger partial charge in [-0.1, -0.05) is 0 Å². The molecule has 8 heteroatoms. The van der Waals surface area contributed by atoms with E-state index in [4.69, 9.17) is 9.47 Å². The number of carboxylic acid groups (broad SMARTS) is 2. The van der Waals surface area contributed by atoms with Gasteiger partial charge in [0, 0.05) is 20.1 Å². The van der Waals surface area contributed by atoms with Gasteiger partial charge in [0.25, 0.3) is 0 Å². The molecule has 0 fully saturated rings. The number of aromatic carboxylic acids is 2. The van der Waals surface area contributed by atoms with Crippen LogP contribution in [-0.2, 0) is 0 Å². The molecule has 0 spiro atoms. The van der Waals surface area contributed by atoms with Crippen LogP contribution in [0.25, 0.3) is 11.1 Å². The number of hydrogen-bond donors (Lipinski definition) is 2. The molecule has 0 aliphatic heterocycles. The fraction of sp³-hybridized carbons (Fsp3) is 0.125. The summed E-state index contributed by atoms with van der Waals surface area (Å²) in [7, 11) is 2.76. The molecule has 0 radical (unpaired) electrons. The van der Waals surface area contributed by atoms with Crippen LogP contribution in [0.2, 0.25) is 0 Å². The van der Waals surface area contributed by atoms with Crippen molar-refractivity contribution in [1.82, 2.24) is 0 Å². The first kappa shape index (κ1) is 18.3. The molecule has 2 aromatic carbocycles. The van der Waals surface area contributed by atoms with E-state index in [1.807, 2.05) is 0 Å². The molecule has 2 aromatic rings. The Morgan fingerprint density at radius 1 is 0.792 bits per heavy atom. The van der Waals surface area contributed by atoms with Gasteiger partial charge >= 0.3 is 11.9 Å². The minimum atomic E-state index is -1.23. The maximum absolute atomic E-state index is 11.8. The van der Waals surface area contributed by atoms with Crippen molar-refractivity contribution in [2.45, 2.75) is 0 Å². The van der Waals surface area contributed by atoms with Gasteiger partial charge < -0.3 is 19.7 Å². The molecule has 0 heterocycles. The smallest absolute Gasteiger partial charge is 0.337 e. The Hall–Kier alpha value is -2.06. The molecule has 0 aromatic heterocycles. The summed E-state index contributed by atoms with van der Waals surface area (Å²) in [6.07, 6.45) is 0. The Morgan fingerprint density at radius 2 is 1.12 bits per heavy atom. The van der Waals surface area contributed by atoms with Crippen molar-refractivity contribution < 1.29 is 29.3 Å². The Bertz CT molecular complexity index is 762. The van der Waals surface area contributed by atoms with Gasteiger partial charge in [-0.3, -0.25) is 0 Å². The van der Waals surface area contributed by atoms with Crippen LogP contribution in [0.3, 0.4) is 0 Å². The summed E-state index contributed by atoms with van der Waals surface area (Å²) in [5.74, 6) is -2.02. The fourth-order valence-corrected chi connectivity index (χ4v) is 3.37. The number of carbonyl (C=O) groups is 2. The van der Waals surface area contributed by atoms with Crippen LogP contribution >= 0.6 is 31.9 Å². The number of carboxylic acids is 2. The first-order valence-corrected chi connectivity index (χ1v) is 8.12. The van der Waals surface area contributed by atoms with Gasteiger partial charge in [-0.25, -0.2) is 9.59 Å². The topological polar surface area (TPSA) is 93.1 Å². The Kier molecular flexibility index (Phi) is 5.51. The molecular formula is C16H12Br2O6. The van der Waals surface area contributed by atoms with Gasteiger partial charge in [0.2, 0.25) is 0 Å². The lowest BCUT2D eigenvalue weighted by Crippen LogP contribution is -2.09. The minimum absolute atomic E-state index is 0.117. The second-order valence-corrected chi connectivity index (χ2v) is 6.32. The van der Waals surface area contributed by atoms with E-state index in [1.54, 1.807) is 12.1 Å². The number of ether oxygens (including phenoxy) is 2. The highest BCUT2D eigenvalue weighted by molar-refractivity contribution is 9.10. The summed E-state index contributed by atoms with van der Waals surface area (Å²) >= 11 is 6.40. The van der Waals surface area contributed by atoms with E-state index in [2.05, 4.69) is 31.9 Å². The first-order chi connectivity index (χ1) is 11.3. The standard InChI is InChI=1S/C16H12Br2O6/c1-23-9-5-3-7(17)11(15(19)20)13(9)14-10(24-2)6-4-8(18)12(14)16(21)22/h3-6H,1-2H3,(H,19,20)(H,21,22). The SMILES string of the molecule is COc1ccc(Br)c(C(=O)O)c1-c1c(OC)ccc(Br)c1C(=O)O. The zero-order valence-electron chi connectivity index (χ0n) is 12.6. The number of methoxy groups -OCH3 is 2. The van der Waals surface area contributed by atoms with E-state index in [1.165, 1.54) is 26.4 Å². The Balaban J connectivity index is 3.06. The van der Waals surface area contributed by atoms with Crippen LogP contribution in [0.4, 0.5) is 0 Å². The zero-order chi connectivity index (χ0) is 18.0. The third-order valence-electron chi connectivity index (χ3n) is 3.35. The molecule has 0 amide bonds. The number of rotatable bonds is 5. The van der Waals surface area contributed by atoms with E-state index in [9.17, 15) is 19.8 Å². The van der Waals surface area contributed by atoms with Gasteiger partial charge in [-0.05, 0) is 56.1 Å². The van der Waals surface area contributed by atoms with Gasteiger partial charge in [-0.2, -0.15) is 0 Å². The van der Waals surface area contributed by atoms with Gasteiger partial charge in [0.05, 0.1) is 25.3 Å². The third-order valence-corrected chi connectivity index (χ3v) is 4.67. The highest BCUT2D eigenvalue weighted by Crippen LogP contribution is 2.45. The molecule has 24 heavy (non-hydrogen) atoms. The summed E-state index contributed by atoms with van der Waals surface area (Å²) in [4.78, 5) is 23.5. The van der Waals surface area contributed by atoms with Crippen molar-refractivity contribution in [3.05, 3.63) is 44.3 Å². The minimum Gasteiger partial charge on any atom is -0.496 e. The predicted octanol–water partition coefficient (Wildman–Crippen LogP) is 4.29. The van der Waals surface area contributed by atoms with Crippen molar-refractivity contribution in [2.75, 3.05) is 14.2 Å². The lowest BCUT2D eigenvalue weighted by molar-refractivity contribution is 0.0683. The van der Waals surface area contributed by atoms with Crippen LogP contribution in [0.15, 0.2) is 33.2 Å². The van der Waals surface area contributed by atoms with Gasteiger partial charge in [0.1, 0.15) is 11.5 Å². The van der Waals surface area contributed by atoms with Crippen molar-refractivity contribution in [3.63, 3.8) is 0 Å². The normalized spacial score (nSPS) is 10.3. The molecule has 0 saturated heterocycles. The van der Waals surface area contributed by atoms with Crippen molar-refractivity contribution in [2.24, 2.45) is 0 Å². The predicted molar refractivity (Wildman–Crippen MR) is 94.3 cm³/mol. The zero-order valence-corrected chi connectivity index (χ0v) is 15.8. The van der Waals surface area contributed by atoms with E-state index in [0.29, 0.717) is 8.95 Å². The first-order valence-electron chi connectivity index (χ1n) is 6.53. The Morgan fingerprint density at radius 3 is 1.38 bits per heavy atom. The molecule has 0 aliphatic carbocycles. The van der Waals surface area contributed by atoms with Crippen molar-refractivity contribution in [1.29, 1.82) is 0 Å². The molecule has 0 atom stereocenters. The summed E-state index contributed by atoms with van der Waals surface area (Å²) < 4.78 is 11.1. The Labute approximate surface area is 154 Å². The van der Waals surface area contributed by atoms with E-state index >= 15 is 0 Å². The highest BCUT2D eigenvalue weighted by atomic mass is 79.9. The maximum atomic E-state index is 11.8. The van der Waals surface area contributed by atoms with Crippen LogP contribution in [0.5, 0.6) is 11.5 Å². The van der Waals surface area contributed by atoms with E-state index < -0.39 is 11.9 Å². The molecule has 2 rings (SSSR count). The highest BCUT2D eigenvalue weighted by Gasteiger charge is 2.28. The van der Waals surface area contributed by atoms with Crippen LogP contribution in [0.1, 0.15) is 20.7 Å². The molecule has 6 nitrogen and oxygen atoms in total. The van der Waals surface area contributed by atoms with Gasteiger partial charge in [0.15, 0.2) is 0 Å². The molecule has 0 saturated carbocycles. The lowest BCUT2D eigenvalue weighted by Gasteiger charge is -2.18. The summed E-state index contributed by atoms with van der Waals surface area (Å²) in [6.45, 7) is 0. The quantitative estimate of drug-likeness (QED) is 0.692. The monoisotopic (exact) mass is 458 g/mol. The number of halogens is 2. The number of benzene rings is 2. The molecule has 126 valence electrons. The summed E-state index contributed by atoms with van der Waals surface area (Å²) in [5.41, 5.74) is 0.00588. The third kappa shape index (κ3) is 3.11. The van der Waals surface area contributed by atoms with E-state index in [0.717, 1.165) is 0 Å². The maximum Gasteiger partial charge on any atom is 0.337 e. The van der Waals surface area contributed by atoms with Crippen LogP contribution in [0, 0.1) is 0 Å². The van der Waals surface area contributed by atoms with Crippen molar-refractivity contribution in [3.8, 4) is 22.6 Å². The molecule has 2 N–H and O–H groups in total. The van der Waals surface area contributed by atoms with E-state index in [-0.39, 0.29) is 33.8 Å². The molecular weight excluding hydrogens is 448 g/mol. The lowest BCUT2D eigenvalue weighted by atomic mass is 9.93. The van der Waals surface area contributed by atoms with Crippen molar-refractivity contribution >= 4 is 43.8 Å². The average molecular weight is 460 g/mol. The molecule has 0 bridgehead atoms. The number of hydrogen-bond acceptors (Lipinski definition) is 4. The summed E-state index contributed by atoms with van der Waals surface area (Å²) in [6, 6.07) is 6.16. The second kappa shape index (κ2) is 7.23. The molecule has 0 aliphatic rings. The van der Waals surface area contributed by atoms with Crippen LogP contribution in [-0.4, -0.2) is 36.4 Å². The van der Waals surface area contributed by atoms with Gasteiger partial charge in [-0.15, -0.1) is 0 Å². The molecule has 0 unspecified atom stereocenters. The largest absolute Gasteiger partial charge is 0.496 e. The van der Waals surface area contributed by atoms with Crippen LogP contribution < -0.4 is 9.47 Å². The second-order valence-electron chi connectivity index (χ2n) is 4.61. The average Bonchev–Trinajstić information content (AvgIpc) is 2.53. The fourth-order valence-electron chi connectivity index (χ4n) is 2.37. The summed E-state index contributed by atoms with van der Waals surface area (Å²) in [5, 5.41) is 19.2.